The normalized spacial score (nSPS) is 26.0. The summed E-state index contributed by atoms with van der Waals surface area (Å²) in [6.45, 7) is 5.61. The standard InChI is InChI=1S/C34H40BrN5O9/c1-20-6-4-11-37-29(43)9-8-21(2)31(22(3)18-48-34(46)38-23-10-12-36-28(35)15-23)49-33(45)27-7-5-13-40(27)32(44)26-19-47-30(39-26)17-25(42)16-24(41)14-20/h4,6,8-10,12,14-15,19,21-22,24,27,31,41H,5,7,11,13,16-18H2,1-3H3,(H,37,43)(H,36,38,46)/b6-4+,9-8+,20-14+/t21-,22+,24-,27-,31+/m1/s1. The number of Topliss-reactive ketones (excluding diaryl/α,β-unsaturated/α-hetero) is 1. The molecule has 2 aliphatic heterocycles. The molecule has 2 aromatic rings. The van der Waals surface area contributed by atoms with Crippen molar-refractivity contribution in [2.75, 3.05) is 25.0 Å². The van der Waals surface area contributed by atoms with Crippen LogP contribution in [0.2, 0.25) is 0 Å². The minimum atomic E-state index is -1.05. The van der Waals surface area contributed by atoms with E-state index in [0.717, 1.165) is 6.26 Å². The number of anilines is 1. The van der Waals surface area contributed by atoms with Gasteiger partial charge >= 0.3 is 12.1 Å². The molecule has 0 saturated carbocycles. The van der Waals surface area contributed by atoms with Crippen LogP contribution in [0.25, 0.3) is 0 Å². The van der Waals surface area contributed by atoms with E-state index in [0.29, 0.717) is 28.7 Å². The number of hydrogen-bond donors (Lipinski definition) is 3. The van der Waals surface area contributed by atoms with E-state index >= 15 is 0 Å². The molecule has 2 aliphatic rings. The highest BCUT2D eigenvalue weighted by molar-refractivity contribution is 9.10. The highest BCUT2D eigenvalue weighted by Crippen LogP contribution is 2.26. The lowest BCUT2D eigenvalue weighted by molar-refractivity contribution is -0.159. The second-order valence-electron chi connectivity index (χ2n) is 12.0. The van der Waals surface area contributed by atoms with Crippen LogP contribution in [-0.4, -0.2) is 87.6 Å². The van der Waals surface area contributed by atoms with E-state index in [1.807, 2.05) is 0 Å². The Labute approximate surface area is 292 Å². The number of aromatic nitrogens is 2. The summed E-state index contributed by atoms with van der Waals surface area (Å²) in [4.78, 5) is 74.3. The Morgan fingerprint density at radius 3 is 2.84 bits per heavy atom. The first-order valence-corrected chi connectivity index (χ1v) is 16.7. The molecular formula is C34H40BrN5O9. The van der Waals surface area contributed by atoms with Gasteiger partial charge in [-0.05, 0) is 53.9 Å². The fourth-order valence-corrected chi connectivity index (χ4v) is 5.85. The summed E-state index contributed by atoms with van der Waals surface area (Å²) in [5.74, 6) is -2.95. The Balaban J connectivity index is 1.54. The molecule has 0 radical (unpaired) electrons. The summed E-state index contributed by atoms with van der Waals surface area (Å²) in [5, 5.41) is 15.7. The summed E-state index contributed by atoms with van der Waals surface area (Å²) in [6, 6.07) is 2.28. The number of cyclic esters (lactones) is 1. The number of ether oxygens (including phenoxy) is 2. The Hall–Kier alpha value is -4.63. The van der Waals surface area contributed by atoms with Crippen LogP contribution in [0.1, 0.15) is 56.4 Å². The number of fused-ring (bicyclic) bond motifs is 3. The zero-order valence-corrected chi connectivity index (χ0v) is 29.1. The summed E-state index contributed by atoms with van der Waals surface area (Å²) < 4.78 is 17.4. The molecule has 1 saturated heterocycles. The van der Waals surface area contributed by atoms with Gasteiger partial charge in [0.25, 0.3) is 5.91 Å². The number of rotatable bonds is 4. The summed E-state index contributed by atoms with van der Waals surface area (Å²) in [5.41, 5.74) is 1.09. The maximum atomic E-state index is 13.6. The van der Waals surface area contributed by atoms with Gasteiger partial charge in [-0.2, -0.15) is 0 Å². The van der Waals surface area contributed by atoms with Crippen molar-refractivity contribution >= 4 is 51.3 Å². The third-order valence-corrected chi connectivity index (χ3v) is 8.34. The van der Waals surface area contributed by atoms with Crippen LogP contribution in [-0.2, 0) is 30.3 Å². The molecule has 14 nitrogen and oxygen atoms in total. The Bertz CT molecular complexity index is 1620. The van der Waals surface area contributed by atoms with Crippen LogP contribution in [0.3, 0.4) is 0 Å². The number of esters is 1. The van der Waals surface area contributed by atoms with Crippen LogP contribution >= 0.6 is 15.9 Å². The van der Waals surface area contributed by atoms with Crippen molar-refractivity contribution in [2.24, 2.45) is 11.8 Å². The first kappa shape index (κ1) is 37.2. The van der Waals surface area contributed by atoms with E-state index in [2.05, 4.69) is 36.5 Å². The third-order valence-electron chi connectivity index (χ3n) is 7.90. The maximum absolute atomic E-state index is 13.6. The Morgan fingerprint density at radius 1 is 1.27 bits per heavy atom. The highest BCUT2D eigenvalue weighted by Gasteiger charge is 2.39. The Kier molecular flexibility index (Phi) is 13.4. The van der Waals surface area contributed by atoms with Crippen molar-refractivity contribution < 1.29 is 43.0 Å². The number of nitrogens with one attached hydrogen (secondary N) is 2. The van der Waals surface area contributed by atoms with Crippen molar-refractivity contribution in [1.82, 2.24) is 20.2 Å². The number of amides is 3. The lowest BCUT2D eigenvalue weighted by atomic mass is 9.93. The fourth-order valence-electron chi connectivity index (χ4n) is 5.49. The van der Waals surface area contributed by atoms with Gasteiger partial charge in [-0.15, -0.1) is 0 Å². The number of aliphatic hydroxyl groups is 1. The predicted octanol–water partition coefficient (Wildman–Crippen LogP) is 3.92. The number of halogens is 1. The number of nitrogens with zero attached hydrogens (tertiary/aromatic N) is 3. The van der Waals surface area contributed by atoms with Crippen molar-refractivity contribution in [2.45, 2.75) is 64.7 Å². The minimum Gasteiger partial charge on any atom is -0.460 e. The maximum Gasteiger partial charge on any atom is 0.411 e. The summed E-state index contributed by atoms with van der Waals surface area (Å²) in [7, 11) is 0. The van der Waals surface area contributed by atoms with E-state index in [1.54, 1.807) is 51.1 Å². The van der Waals surface area contributed by atoms with Gasteiger partial charge in [0.2, 0.25) is 11.8 Å². The molecule has 2 bridgehead atoms. The van der Waals surface area contributed by atoms with Gasteiger partial charge < -0.3 is 29.2 Å². The number of pyridine rings is 1. The van der Waals surface area contributed by atoms with Gasteiger partial charge in [-0.1, -0.05) is 43.7 Å². The van der Waals surface area contributed by atoms with Gasteiger partial charge in [0, 0.05) is 43.2 Å². The second kappa shape index (κ2) is 17.7. The van der Waals surface area contributed by atoms with E-state index in [9.17, 15) is 29.1 Å². The number of ketones is 1. The van der Waals surface area contributed by atoms with Crippen molar-refractivity contribution in [1.29, 1.82) is 0 Å². The summed E-state index contributed by atoms with van der Waals surface area (Å²) in [6.07, 6.45) is 8.38. The molecule has 15 heteroatoms. The number of oxazole rings is 1. The van der Waals surface area contributed by atoms with Gasteiger partial charge in [0.05, 0.1) is 19.1 Å². The third kappa shape index (κ3) is 11.2. The van der Waals surface area contributed by atoms with E-state index in [1.165, 1.54) is 23.2 Å². The molecule has 1 fully saturated rings. The number of carbonyl (C=O) groups is 5. The average Bonchev–Trinajstić information content (AvgIpc) is 3.73. The van der Waals surface area contributed by atoms with Crippen molar-refractivity contribution in [3.05, 3.63) is 76.7 Å². The molecule has 5 atom stereocenters. The van der Waals surface area contributed by atoms with Gasteiger partial charge in [-0.25, -0.2) is 19.6 Å². The first-order chi connectivity index (χ1) is 23.4. The van der Waals surface area contributed by atoms with Crippen LogP contribution < -0.4 is 10.6 Å². The minimum absolute atomic E-state index is 0.0173. The van der Waals surface area contributed by atoms with Crippen molar-refractivity contribution in [3.63, 3.8) is 0 Å². The van der Waals surface area contributed by atoms with Crippen LogP contribution in [0.5, 0.6) is 0 Å². The van der Waals surface area contributed by atoms with E-state index in [4.69, 9.17) is 13.9 Å². The van der Waals surface area contributed by atoms with Crippen LogP contribution in [0.15, 0.2) is 69.6 Å². The molecule has 3 N–H and O–H groups in total. The Morgan fingerprint density at radius 2 is 2.06 bits per heavy atom. The molecule has 0 aromatic carbocycles. The van der Waals surface area contributed by atoms with Crippen LogP contribution in [0.4, 0.5) is 10.5 Å². The van der Waals surface area contributed by atoms with Crippen LogP contribution in [0, 0.1) is 11.8 Å². The molecule has 49 heavy (non-hydrogen) atoms. The zero-order valence-electron chi connectivity index (χ0n) is 27.5. The molecule has 4 rings (SSSR count). The van der Waals surface area contributed by atoms with Gasteiger partial charge in [0.15, 0.2) is 5.69 Å². The molecular weight excluding hydrogens is 702 g/mol. The molecule has 2 aromatic heterocycles. The highest BCUT2D eigenvalue weighted by atomic mass is 79.9. The fraction of sp³-hybridized carbons (Fsp3) is 0.441. The molecule has 0 unspecified atom stereocenters. The number of aliphatic hydroxyl groups excluding tert-OH is 1. The molecule has 262 valence electrons. The first-order valence-electron chi connectivity index (χ1n) is 15.9. The molecule has 4 heterocycles. The SMILES string of the molecule is CC1=C\[C@@H](O)CC(=O)Cc2nc(co2)C(=O)N2CCC[C@@H]2C(=O)O[C@H]([C@@H](C)COC(=O)Nc2ccnc(Br)c2)[C@H](C)/C=C/C(=O)NC\C=C\1. The summed E-state index contributed by atoms with van der Waals surface area (Å²) >= 11 is 3.25. The monoisotopic (exact) mass is 741 g/mol. The molecule has 0 aliphatic carbocycles. The van der Waals surface area contributed by atoms with Gasteiger partial charge in [-0.3, -0.25) is 19.7 Å². The van der Waals surface area contributed by atoms with Gasteiger partial charge in [0.1, 0.15) is 28.8 Å². The number of allylic oxidation sites excluding steroid dienone is 2. The predicted molar refractivity (Wildman–Crippen MR) is 180 cm³/mol. The van der Waals surface area contributed by atoms with E-state index in [-0.39, 0.29) is 49.9 Å². The number of carbonyl (C=O) groups excluding carboxylic acids is 5. The van der Waals surface area contributed by atoms with Crippen molar-refractivity contribution in [3.8, 4) is 0 Å². The lowest BCUT2D eigenvalue weighted by Crippen LogP contribution is -2.44. The average molecular weight is 743 g/mol. The zero-order chi connectivity index (χ0) is 35.5. The second-order valence-corrected chi connectivity index (χ2v) is 12.8. The largest absolute Gasteiger partial charge is 0.460 e. The number of hydrogen-bond acceptors (Lipinski definition) is 11. The molecule has 3 amide bonds. The van der Waals surface area contributed by atoms with E-state index < -0.39 is 54.0 Å². The quantitative estimate of drug-likeness (QED) is 0.304. The smallest absolute Gasteiger partial charge is 0.411 e. The lowest BCUT2D eigenvalue weighted by Gasteiger charge is -2.30. The molecule has 0 spiro atoms. The topological polar surface area (TPSA) is 190 Å².